The van der Waals surface area contributed by atoms with Crippen LogP contribution in [0, 0.1) is 5.41 Å². The summed E-state index contributed by atoms with van der Waals surface area (Å²) in [5, 5.41) is 2.66. The summed E-state index contributed by atoms with van der Waals surface area (Å²) in [5.41, 5.74) is 11.7. The first-order valence-electron chi connectivity index (χ1n) is 9.53. The third-order valence-electron chi connectivity index (χ3n) is 4.58. The van der Waals surface area contributed by atoms with Crippen LogP contribution in [-0.4, -0.2) is 37.0 Å². The number of para-hydroxylation sites is 1. The van der Waals surface area contributed by atoms with Gasteiger partial charge in [-0.25, -0.2) is 4.79 Å². The van der Waals surface area contributed by atoms with Crippen LogP contribution in [-0.2, 0) is 4.79 Å². The second-order valence-electron chi connectivity index (χ2n) is 7.87. The second-order valence-corrected chi connectivity index (χ2v) is 7.87. The van der Waals surface area contributed by atoms with E-state index in [-0.39, 0.29) is 17.7 Å². The van der Waals surface area contributed by atoms with Gasteiger partial charge in [0.05, 0.1) is 12.5 Å². The number of urea groups is 1. The van der Waals surface area contributed by atoms with Crippen LogP contribution in [0.2, 0.25) is 0 Å². The molecule has 2 aromatic carbocycles. The highest BCUT2D eigenvalue weighted by Gasteiger charge is 2.24. The van der Waals surface area contributed by atoms with Crippen molar-refractivity contribution in [3.05, 3.63) is 60.2 Å². The molecule has 0 saturated heterocycles. The van der Waals surface area contributed by atoms with Crippen LogP contribution >= 0.6 is 0 Å². The van der Waals surface area contributed by atoms with Crippen molar-refractivity contribution in [3.8, 4) is 11.5 Å². The van der Waals surface area contributed by atoms with Crippen LogP contribution in [0.25, 0.3) is 0 Å². The number of benzene rings is 2. The fourth-order valence-electron chi connectivity index (χ4n) is 2.97. The normalized spacial score (nSPS) is 12.1. The van der Waals surface area contributed by atoms with E-state index in [1.807, 2.05) is 62.4 Å². The molecule has 5 N–H and O–H groups in total. The molecule has 0 bridgehead atoms. The van der Waals surface area contributed by atoms with Gasteiger partial charge >= 0.3 is 6.03 Å². The Labute approximate surface area is 172 Å². The molecule has 0 aliphatic heterocycles. The van der Waals surface area contributed by atoms with Crippen molar-refractivity contribution in [1.29, 1.82) is 0 Å². The van der Waals surface area contributed by atoms with Crippen LogP contribution in [0.3, 0.4) is 0 Å². The number of primary amides is 1. The van der Waals surface area contributed by atoms with Crippen molar-refractivity contribution in [1.82, 2.24) is 10.2 Å². The van der Waals surface area contributed by atoms with Crippen molar-refractivity contribution in [2.24, 2.45) is 16.9 Å². The van der Waals surface area contributed by atoms with Gasteiger partial charge in [0.15, 0.2) is 0 Å². The molecule has 0 aliphatic rings. The molecule has 0 heterocycles. The summed E-state index contributed by atoms with van der Waals surface area (Å²) < 4.78 is 5.85. The van der Waals surface area contributed by atoms with Gasteiger partial charge in [0.2, 0.25) is 5.91 Å². The average molecular weight is 399 g/mol. The lowest BCUT2D eigenvalue weighted by atomic mass is 9.93. The van der Waals surface area contributed by atoms with Crippen molar-refractivity contribution in [2.75, 3.05) is 20.1 Å². The summed E-state index contributed by atoms with van der Waals surface area (Å²) in [6.45, 7) is 4.98. The number of amides is 3. The van der Waals surface area contributed by atoms with Crippen molar-refractivity contribution >= 4 is 11.9 Å². The predicted octanol–water partition coefficient (Wildman–Crippen LogP) is 3.02. The van der Waals surface area contributed by atoms with E-state index >= 15 is 0 Å². The molecule has 2 aromatic rings. The Kier molecular flexibility index (Phi) is 7.61. The Balaban J connectivity index is 2.16. The zero-order valence-electron chi connectivity index (χ0n) is 17.2. The molecule has 3 amide bonds. The first-order chi connectivity index (χ1) is 13.7. The zero-order valence-corrected chi connectivity index (χ0v) is 17.2. The third kappa shape index (κ3) is 7.12. The summed E-state index contributed by atoms with van der Waals surface area (Å²) in [4.78, 5) is 25.9. The molecule has 2 rings (SSSR count). The molecule has 1 atom stereocenters. The molecule has 0 radical (unpaired) electrons. The standard InChI is InChI=1S/C22H30N4O3/c1-22(2,14-23)15-26(3)20(27)13-19(25-21(24)28)16-8-7-11-18(12-16)29-17-9-5-4-6-10-17/h4-12,19H,13-15,23H2,1-3H3,(H3,24,25,28). The van der Waals surface area contributed by atoms with E-state index in [1.54, 1.807) is 18.0 Å². The van der Waals surface area contributed by atoms with Crippen molar-refractivity contribution in [3.63, 3.8) is 0 Å². The van der Waals surface area contributed by atoms with Crippen LogP contribution < -0.4 is 21.5 Å². The van der Waals surface area contributed by atoms with Gasteiger partial charge in [0, 0.05) is 13.6 Å². The average Bonchev–Trinajstić information content (AvgIpc) is 2.67. The maximum absolute atomic E-state index is 12.7. The second kappa shape index (κ2) is 9.93. The number of nitrogens with zero attached hydrogens (tertiary/aromatic N) is 1. The molecular weight excluding hydrogens is 368 g/mol. The number of carbonyl (C=O) groups is 2. The van der Waals surface area contributed by atoms with Crippen LogP contribution in [0.5, 0.6) is 11.5 Å². The predicted molar refractivity (Wildman–Crippen MR) is 114 cm³/mol. The van der Waals surface area contributed by atoms with Crippen molar-refractivity contribution < 1.29 is 14.3 Å². The minimum Gasteiger partial charge on any atom is -0.457 e. The van der Waals surface area contributed by atoms with Crippen LogP contribution in [0.1, 0.15) is 31.9 Å². The monoisotopic (exact) mass is 398 g/mol. The SMILES string of the molecule is CN(CC(C)(C)CN)C(=O)CC(NC(N)=O)c1cccc(Oc2ccccc2)c1. The van der Waals surface area contributed by atoms with E-state index in [2.05, 4.69) is 5.32 Å². The Hall–Kier alpha value is -3.06. The highest BCUT2D eigenvalue weighted by atomic mass is 16.5. The smallest absolute Gasteiger partial charge is 0.312 e. The molecule has 0 spiro atoms. The zero-order chi connectivity index (χ0) is 21.4. The molecule has 0 fully saturated rings. The molecule has 7 heteroatoms. The highest BCUT2D eigenvalue weighted by molar-refractivity contribution is 5.78. The number of carbonyl (C=O) groups excluding carboxylic acids is 2. The first-order valence-corrected chi connectivity index (χ1v) is 9.53. The maximum atomic E-state index is 12.7. The number of ether oxygens (including phenoxy) is 1. The minimum absolute atomic E-state index is 0.0783. The molecule has 7 nitrogen and oxygen atoms in total. The molecule has 156 valence electrons. The molecule has 0 aromatic heterocycles. The highest BCUT2D eigenvalue weighted by Crippen LogP contribution is 2.26. The van der Waals surface area contributed by atoms with Crippen LogP contribution in [0.15, 0.2) is 54.6 Å². The Morgan fingerprint density at radius 1 is 1.10 bits per heavy atom. The first kappa shape index (κ1) is 22.2. The summed E-state index contributed by atoms with van der Waals surface area (Å²) in [6.07, 6.45) is 0.0783. The van der Waals surface area contributed by atoms with Crippen LogP contribution in [0.4, 0.5) is 4.79 Å². The maximum Gasteiger partial charge on any atom is 0.312 e. The number of nitrogens with one attached hydrogen (secondary N) is 1. The van der Waals surface area contributed by atoms with E-state index in [4.69, 9.17) is 16.2 Å². The topological polar surface area (TPSA) is 111 Å². The van der Waals surface area contributed by atoms with Gasteiger partial charge < -0.3 is 26.4 Å². The van der Waals surface area contributed by atoms with E-state index < -0.39 is 12.1 Å². The number of hydrogen-bond donors (Lipinski definition) is 3. The quantitative estimate of drug-likeness (QED) is 0.603. The third-order valence-corrected chi connectivity index (χ3v) is 4.58. The minimum atomic E-state index is -0.692. The van der Waals surface area contributed by atoms with Gasteiger partial charge in [-0.05, 0) is 41.8 Å². The molecule has 0 saturated carbocycles. The van der Waals surface area contributed by atoms with Gasteiger partial charge in [0.25, 0.3) is 0 Å². The lowest BCUT2D eigenvalue weighted by Gasteiger charge is -2.30. The van der Waals surface area contributed by atoms with E-state index in [9.17, 15) is 9.59 Å². The largest absolute Gasteiger partial charge is 0.457 e. The molecule has 29 heavy (non-hydrogen) atoms. The summed E-state index contributed by atoms with van der Waals surface area (Å²) in [6, 6.07) is 15.4. The lowest BCUT2D eigenvalue weighted by molar-refractivity contribution is -0.131. The Bertz CT molecular complexity index is 824. The van der Waals surface area contributed by atoms with E-state index in [0.717, 1.165) is 5.56 Å². The number of nitrogens with two attached hydrogens (primary N) is 2. The number of hydrogen-bond acceptors (Lipinski definition) is 4. The van der Waals surface area contributed by atoms with E-state index in [1.165, 1.54) is 0 Å². The molecule has 0 aliphatic carbocycles. The van der Waals surface area contributed by atoms with Gasteiger partial charge in [-0.15, -0.1) is 0 Å². The van der Waals surface area contributed by atoms with Gasteiger partial charge in [-0.1, -0.05) is 44.2 Å². The summed E-state index contributed by atoms with van der Waals surface area (Å²) in [5.74, 6) is 1.19. The summed E-state index contributed by atoms with van der Waals surface area (Å²) >= 11 is 0. The summed E-state index contributed by atoms with van der Waals surface area (Å²) in [7, 11) is 1.73. The number of rotatable bonds is 9. The van der Waals surface area contributed by atoms with E-state index in [0.29, 0.717) is 24.6 Å². The van der Waals surface area contributed by atoms with Gasteiger partial charge in [0.1, 0.15) is 11.5 Å². The lowest BCUT2D eigenvalue weighted by Crippen LogP contribution is -2.42. The van der Waals surface area contributed by atoms with Crippen molar-refractivity contribution in [2.45, 2.75) is 26.3 Å². The molecular formula is C22H30N4O3. The van der Waals surface area contributed by atoms with Gasteiger partial charge in [-0.2, -0.15) is 0 Å². The van der Waals surface area contributed by atoms with Gasteiger partial charge in [-0.3, -0.25) is 4.79 Å². The molecule has 1 unspecified atom stereocenters. The Morgan fingerprint density at radius 2 is 1.76 bits per heavy atom. The Morgan fingerprint density at radius 3 is 2.38 bits per heavy atom. The fourth-order valence-corrected chi connectivity index (χ4v) is 2.97. The fraction of sp³-hybridized carbons (Fsp3) is 0.364.